The van der Waals surface area contributed by atoms with Gasteiger partial charge in [0.2, 0.25) is 5.91 Å². The summed E-state index contributed by atoms with van der Waals surface area (Å²) in [6, 6.07) is 23.7. The Labute approximate surface area is 171 Å². The molecule has 5 nitrogen and oxygen atoms in total. The van der Waals surface area contributed by atoms with E-state index in [1.165, 1.54) is 0 Å². The summed E-state index contributed by atoms with van der Waals surface area (Å²) in [7, 11) is 0. The molecular weight excluding hydrogens is 362 g/mol. The maximum Gasteiger partial charge on any atom is 0.244 e. The zero-order valence-electron chi connectivity index (χ0n) is 16.3. The van der Waals surface area contributed by atoms with Crippen molar-refractivity contribution in [3.05, 3.63) is 95.8 Å². The maximum absolute atomic E-state index is 12.6. The number of likely N-dealkylation sites (tertiary alicyclic amines) is 1. The summed E-state index contributed by atoms with van der Waals surface area (Å²) in [4.78, 5) is 19.2. The molecule has 0 radical (unpaired) electrons. The van der Waals surface area contributed by atoms with Gasteiger partial charge in [0.05, 0.1) is 5.69 Å². The molecule has 4 rings (SSSR count). The lowest BCUT2D eigenvalue weighted by Gasteiger charge is -2.35. The molecule has 1 amide bonds. The van der Waals surface area contributed by atoms with E-state index in [0.717, 1.165) is 29.8 Å². The molecule has 1 aromatic heterocycles. The third-order valence-corrected chi connectivity index (χ3v) is 5.57. The quantitative estimate of drug-likeness (QED) is 0.672. The van der Waals surface area contributed by atoms with E-state index in [0.29, 0.717) is 25.3 Å². The summed E-state index contributed by atoms with van der Waals surface area (Å²) >= 11 is 0. The van der Waals surface area contributed by atoms with Crippen LogP contribution in [0.15, 0.2) is 79.0 Å². The van der Waals surface area contributed by atoms with Crippen LogP contribution in [0.25, 0.3) is 0 Å². The minimum Gasteiger partial charge on any atom is -0.489 e. The van der Waals surface area contributed by atoms with E-state index in [1.807, 2.05) is 72.8 Å². The Bertz CT molecular complexity index is 962. The lowest BCUT2D eigenvalue weighted by molar-refractivity contribution is -0.129. The number of pyridine rings is 1. The summed E-state index contributed by atoms with van der Waals surface area (Å²) in [5, 5.41) is 0. The van der Waals surface area contributed by atoms with E-state index in [2.05, 4.69) is 9.88 Å². The van der Waals surface area contributed by atoms with Gasteiger partial charge in [-0.2, -0.15) is 0 Å². The van der Waals surface area contributed by atoms with Gasteiger partial charge >= 0.3 is 0 Å². The molecule has 1 aliphatic heterocycles. The molecule has 2 aromatic carbocycles. The van der Waals surface area contributed by atoms with Crippen LogP contribution in [-0.2, 0) is 23.5 Å². The van der Waals surface area contributed by atoms with Crippen LogP contribution in [0.1, 0.15) is 29.7 Å². The second kappa shape index (κ2) is 8.45. The summed E-state index contributed by atoms with van der Waals surface area (Å²) in [5.41, 5.74) is 7.91. The van der Waals surface area contributed by atoms with E-state index in [-0.39, 0.29) is 5.91 Å². The number of amides is 1. The van der Waals surface area contributed by atoms with E-state index < -0.39 is 5.54 Å². The molecule has 5 heteroatoms. The fraction of sp³-hybridized carbons (Fsp3) is 0.250. The molecule has 148 valence electrons. The van der Waals surface area contributed by atoms with Crippen LogP contribution in [0.2, 0.25) is 0 Å². The number of hydrogen-bond donors (Lipinski definition) is 1. The SMILES string of the molecule is NC(=O)[C@]1(c2ccccn2)CCCN1Cc1ccccc1OCc1ccccc1. The third kappa shape index (κ3) is 3.87. The number of nitrogens with two attached hydrogens (primary N) is 1. The van der Waals surface area contributed by atoms with Crippen LogP contribution in [0.5, 0.6) is 5.75 Å². The highest BCUT2D eigenvalue weighted by molar-refractivity contribution is 5.86. The highest BCUT2D eigenvalue weighted by atomic mass is 16.5. The number of para-hydroxylation sites is 1. The Morgan fingerprint density at radius 2 is 1.79 bits per heavy atom. The number of primary amides is 1. The summed E-state index contributed by atoms with van der Waals surface area (Å²) in [6.45, 7) is 1.86. The van der Waals surface area contributed by atoms with Crippen molar-refractivity contribution >= 4 is 5.91 Å². The van der Waals surface area contributed by atoms with Gasteiger partial charge in [-0.15, -0.1) is 0 Å². The number of carbonyl (C=O) groups excluding carboxylic acids is 1. The lowest BCUT2D eigenvalue weighted by atomic mass is 9.90. The largest absolute Gasteiger partial charge is 0.489 e. The number of carbonyl (C=O) groups is 1. The van der Waals surface area contributed by atoms with E-state index in [1.54, 1.807) is 6.20 Å². The van der Waals surface area contributed by atoms with Crippen molar-refractivity contribution in [2.45, 2.75) is 31.5 Å². The number of benzene rings is 2. The van der Waals surface area contributed by atoms with Crippen LogP contribution in [-0.4, -0.2) is 22.3 Å². The van der Waals surface area contributed by atoms with Gasteiger partial charge in [0, 0.05) is 18.3 Å². The highest BCUT2D eigenvalue weighted by Crippen LogP contribution is 2.39. The Morgan fingerprint density at radius 1 is 1.03 bits per heavy atom. The zero-order chi connectivity index (χ0) is 20.1. The second-order valence-electron chi connectivity index (χ2n) is 7.35. The van der Waals surface area contributed by atoms with Crippen LogP contribution < -0.4 is 10.5 Å². The van der Waals surface area contributed by atoms with Crippen LogP contribution in [0.3, 0.4) is 0 Å². The van der Waals surface area contributed by atoms with Crippen molar-refractivity contribution in [2.75, 3.05) is 6.54 Å². The molecule has 3 aromatic rings. The van der Waals surface area contributed by atoms with Crippen LogP contribution in [0, 0.1) is 0 Å². The summed E-state index contributed by atoms with van der Waals surface area (Å²) in [5.74, 6) is 0.471. The topological polar surface area (TPSA) is 68.5 Å². The first-order valence-corrected chi connectivity index (χ1v) is 9.91. The van der Waals surface area contributed by atoms with Gasteiger partial charge < -0.3 is 10.5 Å². The molecule has 0 aliphatic carbocycles. The van der Waals surface area contributed by atoms with Gasteiger partial charge in [-0.1, -0.05) is 54.6 Å². The molecule has 1 atom stereocenters. The van der Waals surface area contributed by atoms with Crippen molar-refractivity contribution < 1.29 is 9.53 Å². The fourth-order valence-electron chi connectivity index (χ4n) is 4.11. The zero-order valence-corrected chi connectivity index (χ0v) is 16.3. The molecule has 0 bridgehead atoms. The standard InChI is InChI=1S/C24H25N3O2/c25-23(28)24(22-13-6-7-15-26-22)14-8-16-27(24)17-20-11-4-5-12-21(20)29-18-19-9-2-1-3-10-19/h1-7,9-13,15H,8,14,16-18H2,(H2,25,28)/t24-/m1/s1. The molecule has 2 N–H and O–H groups in total. The number of ether oxygens (including phenoxy) is 1. The van der Waals surface area contributed by atoms with Crippen molar-refractivity contribution in [3.63, 3.8) is 0 Å². The molecule has 0 saturated carbocycles. The van der Waals surface area contributed by atoms with Crippen molar-refractivity contribution in [1.29, 1.82) is 0 Å². The number of rotatable bonds is 7. The monoisotopic (exact) mass is 387 g/mol. The van der Waals surface area contributed by atoms with Gasteiger partial charge in [-0.05, 0) is 43.1 Å². The molecule has 1 aliphatic rings. The van der Waals surface area contributed by atoms with E-state index in [4.69, 9.17) is 10.5 Å². The van der Waals surface area contributed by atoms with E-state index in [9.17, 15) is 4.79 Å². The average Bonchev–Trinajstić information content (AvgIpc) is 3.19. The van der Waals surface area contributed by atoms with Crippen molar-refractivity contribution in [2.24, 2.45) is 5.73 Å². The predicted octanol–water partition coefficient (Wildman–Crippen LogP) is 3.64. The molecule has 1 saturated heterocycles. The second-order valence-corrected chi connectivity index (χ2v) is 7.35. The van der Waals surface area contributed by atoms with E-state index >= 15 is 0 Å². The Hall–Kier alpha value is -3.18. The first-order valence-electron chi connectivity index (χ1n) is 9.91. The molecule has 2 heterocycles. The Balaban J connectivity index is 1.59. The fourth-order valence-corrected chi connectivity index (χ4v) is 4.11. The first-order chi connectivity index (χ1) is 14.2. The Morgan fingerprint density at radius 3 is 2.55 bits per heavy atom. The van der Waals surface area contributed by atoms with Gasteiger partial charge in [-0.3, -0.25) is 14.7 Å². The summed E-state index contributed by atoms with van der Waals surface area (Å²) < 4.78 is 6.11. The van der Waals surface area contributed by atoms with Crippen LogP contribution in [0.4, 0.5) is 0 Å². The van der Waals surface area contributed by atoms with Crippen LogP contribution >= 0.6 is 0 Å². The highest BCUT2D eigenvalue weighted by Gasteiger charge is 2.48. The molecule has 1 fully saturated rings. The molecular formula is C24H25N3O2. The molecule has 0 unspecified atom stereocenters. The number of aromatic nitrogens is 1. The van der Waals surface area contributed by atoms with Gasteiger partial charge in [0.15, 0.2) is 0 Å². The number of nitrogens with zero attached hydrogens (tertiary/aromatic N) is 2. The van der Waals surface area contributed by atoms with Gasteiger partial charge in [-0.25, -0.2) is 0 Å². The molecule has 29 heavy (non-hydrogen) atoms. The third-order valence-electron chi connectivity index (χ3n) is 5.57. The van der Waals surface area contributed by atoms with Gasteiger partial charge in [0.25, 0.3) is 0 Å². The van der Waals surface area contributed by atoms with Crippen molar-refractivity contribution in [3.8, 4) is 5.75 Å². The lowest BCUT2D eigenvalue weighted by Crippen LogP contribution is -2.51. The molecule has 0 spiro atoms. The number of hydrogen-bond acceptors (Lipinski definition) is 4. The first kappa shape index (κ1) is 19.2. The minimum atomic E-state index is -0.881. The predicted molar refractivity (Wildman–Crippen MR) is 112 cm³/mol. The van der Waals surface area contributed by atoms with Gasteiger partial charge in [0.1, 0.15) is 17.9 Å². The normalized spacial score (nSPS) is 19.2. The Kier molecular flexibility index (Phi) is 5.58. The maximum atomic E-state index is 12.6. The average molecular weight is 387 g/mol. The van der Waals surface area contributed by atoms with Crippen molar-refractivity contribution in [1.82, 2.24) is 9.88 Å². The minimum absolute atomic E-state index is 0.351. The summed E-state index contributed by atoms with van der Waals surface area (Å²) in [6.07, 6.45) is 3.28. The smallest absolute Gasteiger partial charge is 0.244 e.